The average Bonchev–Trinajstić information content (AvgIpc) is 2.48. The number of hydrogen-bond acceptors (Lipinski definition) is 4. The van der Waals surface area contributed by atoms with Gasteiger partial charge in [-0.25, -0.2) is 13.6 Å². The molecule has 0 fully saturated rings. The predicted octanol–water partition coefficient (Wildman–Crippen LogP) is 4.13. The van der Waals surface area contributed by atoms with Crippen LogP contribution in [0.15, 0.2) is 41.0 Å². The third-order valence-electron chi connectivity index (χ3n) is 3.21. The van der Waals surface area contributed by atoms with E-state index < -0.39 is 32.7 Å². The Hall–Kier alpha value is -2.03. The van der Waals surface area contributed by atoms with Crippen molar-refractivity contribution in [1.82, 2.24) is 9.97 Å². The van der Waals surface area contributed by atoms with E-state index >= 15 is 0 Å². The van der Waals surface area contributed by atoms with Crippen molar-refractivity contribution in [3.05, 3.63) is 53.7 Å². The van der Waals surface area contributed by atoms with E-state index in [0.29, 0.717) is 5.56 Å². The van der Waals surface area contributed by atoms with Crippen molar-refractivity contribution in [2.45, 2.75) is 18.3 Å². The van der Waals surface area contributed by atoms with Crippen LogP contribution < -0.4 is 0 Å². The van der Waals surface area contributed by atoms with Gasteiger partial charge in [-0.1, -0.05) is 6.07 Å². The summed E-state index contributed by atoms with van der Waals surface area (Å²) >= 11 is 0. The zero-order valence-electron chi connectivity index (χ0n) is 12.2. The largest absolute Gasteiger partial charge is 0.433 e. The molecule has 0 saturated heterocycles. The summed E-state index contributed by atoms with van der Waals surface area (Å²) in [6.45, 7) is 1.52. The maximum absolute atomic E-state index is 13.6. The Labute approximate surface area is 130 Å². The molecule has 0 aliphatic heterocycles. The number of hydrogen-bond donors (Lipinski definition) is 0. The number of rotatable bonds is 3. The van der Waals surface area contributed by atoms with E-state index in [9.17, 15) is 21.8 Å². The zero-order valence-corrected chi connectivity index (χ0v) is 13.0. The molecule has 0 spiro atoms. The lowest BCUT2D eigenvalue weighted by Gasteiger charge is -2.15. The minimum absolute atomic E-state index is 0.299. The average molecular weight is 347 g/mol. The van der Waals surface area contributed by atoms with Crippen molar-refractivity contribution in [3.63, 3.8) is 0 Å². The maximum atomic E-state index is 13.6. The molecular formula is C14H13F4N3OS. The zero-order chi connectivity index (χ0) is 17.3. The Morgan fingerprint density at radius 2 is 1.91 bits per heavy atom. The minimum atomic E-state index is -4.54. The summed E-state index contributed by atoms with van der Waals surface area (Å²) in [7, 11) is -2.99. The molecule has 9 heteroatoms. The molecule has 23 heavy (non-hydrogen) atoms. The van der Waals surface area contributed by atoms with Gasteiger partial charge in [0.1, 0.15) is 5.69 Å². The minimum Gasteiger partial charge on any atom is -0.251 e. The van der Waals surface area contributed by atoms with Crippen LogP contribution in [0.1, 0.15) is 23.4 Å². The molecule has 0 aliphatic carbocycles. The Balaban J connectivity index is 2.37. The molecule has 0 N–H and O–H groups in total. The Morgan fingerprint density at radius 1 is 1.22 bits per heavy atom. The van der Waals surface area contributed by atoms with E-state index in [4.69, 9.17) is 0 Å². The van der Waals surface area contributed by atoms with Gasteiger partial charge in [-0.3, -0.25) is 4.98 Å². The highest BCUT2D eigenvalue weighted by atomic mass is 32.2. The predicted molar refractivity (Wildman–Crippen MR) is 78.0 cm³/mol. The van der Waals surface area contributed by atoms with Gasteiger partial charge in [-0.15, -0.1) is 0 Å². The molecule has 0 bridgehead atoms. The van der Waals surface area contributed by atoms with Gasteiger partial charge in [0.25, 0.3) is 0 Å². The number of nitrogens with zero attached hydrogens (tertiary/aromatic N) is 3. The van der Waals surface area contributed by atoms with Gasteiger partial charge in [0.05, 0.1) is 15.0 Å². The number of aromatic nitrogens is 2. The lowest BCUT2D eigenvalue weighted by atomic mass is 10.2. The lowest BCUT2D eigenvalue weighted by molar-refractivity contribution is -0.141. The first-order valence-electron chi connectivity index (χ1n) is 6.46. The van der Waals surface area contributed by atoms with E-state index in [-0.39, 0.29) is 5.82 Å². The Morgan fingerprint density at radius 3 is 2.43 bits per heavy atom. The van der Waals surface area contributed by atoms with Gasteiger partial charge in [-0.2, -0.15) is 17.5 Å². The summed E-state index contributed by atoms with van der Waals surface area (Å²) in [6.07, 6.45) is -0.941. The third kappa shape index (κ3) is 4.04. The van der Waals surface area contributed by atoms with Crippen LogP contribution in [0.5, 0.6) is 0 Å². The third-order valence-corrected chi connectivity index (χ3v) is 5.33. The normalized spacial score (nSPS) is 15.7. The van der Waals surface area contributed by atoms with Crippen LogP contribution in [0.4, 0.5) is 23.4 Å². The number of halogens is 4. The van der Waals surface area contributed by atoms with Gasteiger partial charge in [0.15, 0.2) is 11.6 Å². The fraction of sp³-hybridized carbons (Fsp3) is 0.286. The van der Waals surface area contributed by atoms with Gasteiger partial charge >= 0.3 is 6.18 Å². The highest BCUT2D eigenvalue weighted by Crippen LogP contribution is 2.30. The van der Waals surface area contributed by atoms with Crippen LogP contribution >= 0.6 is 0 Å². The first-order valence-corrected chi connectivity index (χ1v) is 8.44. The van der Waals surface area contributed by atoms with Crippen molar-refractivity contribution in [2.24, 2.45) is 4.36 Å². The first kappa shape index (κ1) is 17.3. The molecule has 124 valence electrons. The van der Waals surface area contributed by atoms with Crippen LogP contribution in [-0.2, 0) is 15.9 Å². The summed E-state index contributed by atoms with van der Waals surface area (Å²) in [5.41, 5.74) is -0.727. The fourth-order valence-corrected chi connectivity index (χ4v) is 3.04. The van der Waals surface area contributed by atoms with Crippen molar-refractivity contribution >= 4 is 15.5 Å². The summed E-state index contributed by atoms with van der Waals surface area (Å²) in [4.78, 5) is 7.03. The molecule has 2 aromatic rings. The van der Waals surface area contributed by atoms with Crippen molar-refractivity contribution < 1.29 is 21.8 Å². The molecule has 0 saturated carbocycles. The monoisotopic (exact) mass is 347 g/mol. The lowest BCUT2D eigenvalue weighted by Crippen LogP contribution is -2.11. The molecule has 2 heterocycles. The molecule has 0 radical (unpaired) electrons. The molecule has 2 atom stereocenters. The van der Waals surface area contributed by atoms with Crippen LogP contribution in [-0.4, -0.2) is 20.4 Å². The van der Waals surface area contributed by atoms with E-state index in [1.54, 1.807) is 0 Å². The molecule has 2 rings (SSSR count). The van der Waals surface area contributed by atoms with Crippen molar-refractivity contribution in [1.29, 1.82) is 0 Å². The fourth-order valence-electron chi connectivity index (χ4n) is 1.76. The highest BCUT2D eigenvalue weighted by molar-refractivity contribution is 7.93. The first-order chi connectivity index (χ1) is 10.6. The molecule has 0 aromatic carbocycles. The summed E-state index contributed by atoms with van der Waals surface area (Å²) in [6, 6.07) is 4.50. The number of alkyl halides is 3. The van der Waals surface area contributed by atoms with Crippen LogP contribution in [0.25, 0.3) is 0 Å². The molecule has 0 aliphatic rings. The van der Waals surface area contributed by atoms with Crippen LogP contribution in [0, 0.1) is 5.82 Å². The van der Waals surface area contributed by atoms with Gasteiger partial charge in [0.2, 0.25) is 0 Å². The van der Waals surface area contributed by atoms with E-state index in [1.807, 2.05) is 0 Å². The van der Waals surface area contributed by atoms with E-state index in [1.165, 1.54) is 31.5 Å². The second-order valence-electron chi connectivity index (χ2n) is 4.88. The van der Waals surface area contributed by atoms with Crippen LogP contribution in [0.3, 0.4) is 0 Å². The number of pyridine rings is 2. The molecule has 0 amide bonds. The van der Waals surface area contributed by atoms with E-state index in [2.05, 4.69) is 14.3 Å². The SMILES string of the molecule is CC(c1ccc(C(F)(F)F)nc1)S(C)(=O)=Nc1ncccc1F. The summed E-state index contributed by atoms with van der Waals surface area (Å²) < 4.78 is 67.5. The summed E-state index contributed by atoms with van der Waals surface area (Å²) in [5, 5.41) is -0.751. The van der Waals surface area contributed by atoms with Crippen molar-refractivity contribution in [3.8, 4) is 0 Å². The Bertz CT molecular complexity index is 812. The smallest absolute Gasteiger partial charge is 0.251 e. The van der Waals surface area contributed by atoms with E-state index in [0.717, 1.165) is 18.3 Å². The molecular weight excluding hydrogens is 334 g/mol. The molecule has 2 unspecified atom stereocenters. The highest BCUT2D eigenvalue weighted by Gasteiger charge is 2.32. The summed E-state index contributed by atoms with van der Waals surface area (Å²) in [5.74, 6) is -1.02. The van der Waals surface area contributed by atoms with Gasteiger partial charge in [0, 0.05) is 18.6 Å². The second-order valence-corrected chi connectivity index (χ2v) is 7.49. The van der Waals surface area contributed by atoms with Gasteiger partial charge in [-0.05, 0) is 30.7 Å². The van der Waals surface area contributed by atoms with Gasteiger partial charge < -0.3 is 0 Å². The standard InChI is InChI=1S/C14H13F4N3OS/c1-9(10-5-6-12(20-8-10)14(16,17)18)23(2,22)21-13-11(15)4-3-7-19-13/h3-9H,1-2H3. The topological polar surface area (TPSA) is 55.2 Å². The second kappa shape index (κ2) is 6.23. The molecule has 4 nitrogen and oxygen atoms in total. The molecule has 2 aromatic heterocycles. The quantitative estimate of drug-likeness (QED) is 0.785. The van der Waals surface area contributed by atoms with Crippen LogP contribution in [0.2, 0.25) is 0 Å². The maximum Gasteiger partial charge on any atom is 0.433 e. The Kier molecular flexibility index (Phi) is 4.69. The van der Waals surface area contributed by atoms with Crippen molar-refractivity contribution in [2.75, 3.05) is 6.26 Å².